The molecule has 0 bridgehead atoms. The summed E-state index contributed by atoms with van der Waals surface area (Å²) in [6, 6.07) is 6.79. The lowest BCUT2D eigenvalue weighted by Crippen LogP contribution is -3.15. The first-order valence-electron chi connectivity index (χ1n) is 7.90. The summed E-state index contributed by atoms with van der Waals surface area (Å²) in [4.78, 5) is 36.3. The SMILES string of the molecule is CC(=O)c1cccc(NC(=O)[C@H](C)[NH+](C)CC(=O)NC2CC2)c1. The Kier molecular flexibility index (Phi) is 5.50. The van der Waals surface area contributed by atoms with Crippen molar-refractivity contribution in [3.8, 4) is 0 Å². The van der Waals surface area contributed by atoms with Crippen LogP contribution in [0.1, 0.15) is 37.0 Å². The van der Waals surface area contributed by atoms with E-state index in [0.717, 1.165) is 17.7 Å². The molecule has 1 unspecified atom stereocenters. The monoisotopic (exact) mass is 318 g/mol. The number of benzene rings is 1. The third kappa shape index (κ3) is 5.17. The fourth-order valence-corrected chi connectivity index (χ4v) is 2.20. The first-order valence-corrected chi connectivity index (χ1v) is 7.90. The summed E-state index contributed by atoms with van der Waals surface area (Å²) in [5.41, 5.74) is 1.14. The summed E-state index contributed by atoms with van der Waals surface area (Å²) >= 11 is 0. The molecular weight excluding hydrogens is 294 g/mol. The summed E-state index contributed by atoms with van der Waals surface area (Å²) in [6.45, 7) is 3.53. The normalized spacial score (nSPS) is 16.3. The molecule has 2 atom stereocenters. The highest BCUT2D eigenvalue weighted by molar-refractivity contribution is 5.98. The van der Waals surface area contributed by atoms with Gasteiger partial charge in [-0.1, -0.05) is 12.1 Å². The standard InChI is InChI=1S/C17H23N3O3/c1-11(20(3)10-16(22)18-14-7-8-14)17(23)19-15-6-4-5-13(9-15)12(2)21/h4-6,9,11,14H,7-8,10H2,1-3H3,(H,18,22)(H,19,23)/p+1/t11-/m0/s1. The second-order valence-corrected chi connectivity index (χ2v) is 6.21. The molecule has 1 aromatic carbocycles. The van der Waals surface area contributed by atoms with E-state index in [2.05, 4.69) is 10.6 Å². The minimum absolute atomic E-state index is 0.0248. The van der Waals surface area contributed by atoms with Crippen molar-refractivity contribution in [1.29, 1.82) is 0 Å². The van der Waals surface area contributed by atoms with Crippen LogP contribution >= 0.6 is 0 Å². The fourth-order valence-electron chi connectivity index (χ4n) is 2.20. The van der Waals surface area contributed by atoms with E-state index in [1.807, 2.05) is 7.05 Å². The molecule has 23 heavy (non-hydrogen) atoms. The lowest BCUT2D eigenvalue weighted by Gasteiger charge is -2.20. The van der Waals surface area contributed by atoms with Gasteiger partial charge < -0.3 is 15.5 Å². The molecule has 0 radical (unpaired) electrons. The van der Waals surface area contributed by atoms with Crippen LogP contribution in [0.15, 0.2) is 24.3 Å². The van der Waals surface area contributed by atoms with Crippen LogP contribution in [0, 0.1) is 0 Å². The zero-order chi connectivity index (χ0) is 17.0. The Morgan fingerprint density at radius 3 is 2.61 bits per heavy atom. The number of carbonyl (C=O) groups is 3. The van der Waals surface area contributed by atoms with Gasteiger partial charge in [-0.15, -0.1) is 0 Å². The van der Waals surface area contributed by atoms with Gasteiger partial charge in [0, 0.05) is 17.3 Å². The maximum atomic E-state index is 12.3. The van der Waals surface area contributed by atoms with Crippen LogP contribution in [-0.2, 0) is 9.59 Å². The van der Waals surface area contributed by atoms with Crippen molar-refractivity contribution in [3.63, 3.8) is 0 Å². The van der Waals surface area contributed by atoms with Crippen LogP contribution in [-0.4, -0.2) is 43.3 Å². The number of Topliss-reactive ketones (excluding diaryl/α,β-unsaturated/α-hetero) is 1. The Labute approximate surface area is 136 Å². The van der Waals surface area contributed by atoms with Gasteiger partial charge in [0.15, 0.2) is 18.4 Å². The summed E-state index contributed by atoms with van der Waals surface area (Å²) in [6.07, 6.45) is 2.10. The lowest BCUT2D eigenvalue weighted by molar-refractivity contribution is -0.885. The van der Waals surface area contributed by atoms with Gasteiger partial charge in [0.05, 0.1) is 7.05 Å². The van der Waals surface area contributed by atoms with E-state index >= 15 is 0 Å². The highest BCUT2D eigenvalue weighted by Gasteiger charge is 2.27. The third-order valence-corrected chi connectivity index (χ3v) is 4.05. The van der Waals surface area contributed by atoms with E-state index in [9.17, 15) is 14.4 Å². The van der Waals surface area contributed by atoms with E-state index in [0.29, 0.717) is 17.3 Å². The van der Waals surface area contributed by atoms with Crippen molar-refractivity contribution in [2.75, 3.05) is 18.9 Å². The zero-order valence-corrected chi connectivity index (χ0v) is 13.8. The first kappa shape index (κ1) is 17.1. The molecule has 1 fully saturated rings. The number of nitrogens with one attached hydrogen (secondary N) is 3. The van der Waals surface area contributed by atoms with Gasteiger partial charge in [-0.05, 0) is 38.8 Å². The van der Waals surface area contributed by atoms with Gasteiger partial charge in [0.1, 0.15) is 0 Å². The van der Waals surface area contributed by atoms with Crippen molar-refractivity contribution >= 4 is 23.3 Å². The van der Waals surface area contributed by atoms with Crippen LogP contribution < -0.4 is 15.5 Å². The Morgan fingerprint density at radius 1 is 1.30 bits per heavy atom. The van der Waals surface area contributed by atoms with Crippen molar-refractivity contribution in [2.24, 2.45) is 0 Å². The second-order valence-electron chi connectivity index (χ2n) is 6.21. The predicted octanol–water partition coefficient (Wildman–Crippen LogP) is 0.00950. The average Bonchev–Trinajstić information content (AvgIpc) is 3.30. The van der Waals surface area contributed by atoms with Crippen molar-refractivity contribution < 1.29 is 19.3 Å². The van der Waals surface area contributed by atoms with E-state index in [1.165, 1.54) is 6.92 Å². The maximum absolute atomic E-state index is 12.3. The molecule has 2 amide bonds. The number of anilines is 1. The molecule has 1 aliphatic carbocycles. The van der Waals surface area contributed by atoms with E-state index in [1.54, 1.807) is 31.2 Å². The Balaban J connectivity index is 1.89. The maximum Gasteiger partial charge on any atom is 0.282 e. The molecule has 6 nitrogen and oxygen atoms in total. The first-order chi connectivity index (χ1) is 10.9. The molecule has 124 valence electrons. The summed E-state index contributed by atoms with van der Waals surface area (Å²) in [5, 5.41) is 5.72. The number of likely N-dealkylation sites (N-methyl/N-ethyl adjacent to an activating group) is 1. The number of amides is 2. The number of rotatable bonds is 7. The molecule has 1 saturated carbocycles. The quantitative estimate of drug-likeness (QED) is 0.620. The number of carbonyl (C=O) groups excluding carboxylic acids is 3. The van der Waals surface area contributed by atoms with Crippen molar-refractivity contribution in [1.82, 2.24) is 5.32 Å². The van der Waals surface area contributed by atoms with Crippen molar-refractivity contribution in [3.05, 3.63) is 29.8 Å². The summed E-state index contributed by atoms with van der Waals surface area (Å²) in [5.74, 6) is -0.251. The molecule has 3 N–H and O–H groups in total. The highest BCUT2D eigenvalue weighted by atomic mass is 16.2. The minimum Gasteiger partial charge on any atom is -0.348 e. The predicted molar refractivity (Wildman–Crippen MR) is 87.5 cm³/mol. The Hall–Kier alpha value is -2.21. The number of ketones is 1. The third-order valence-electron chi connectivity index (χ3n) is 4.05. The number of hydrogen-bond donors (Lipinski definition) is 3. The fraction of sp³-hybridized carbons (Fsp3) is 0.471. The lowest BCUT2D eigenvalue weighted by atomic mass is 10.1. The van der Waals surface area contributed by atoms with E-state index < -0.39 is 0 Å². The number of hydrogen-bond acceptors (Lipinski definition) is 3. The van der Waals surface area contributed by atoms with Gasteiger partial charge in [-0.25, -0.2) is 0 Å². The van der Waals surface area contributed by atoms with Crippen LogP contribution in [0.4, 0.5) is 5.69 Å². The average molecular weight is 318 g/mol. The van der Waals surface area contributed by atoms with Crippen LogP contribution in [0.25, 0.3) is 0 Å². The van der Waals surface area contributed by atoms with Gasteiger partial charge in [-0.2, -0.15) is 0 Å². The molecular formula is C17H24N3O3+. The Bertz CT molecular complexity index is 611. The molecule has 0 spiro atoms. The molecule has 1 aliphatic rings. The molecule has 0 aromatic heterocycles. The molecule has 0 saturated heterocycles. The molecule has 1 aromatic rings. The van der Waals surface area contributed by atoms with Crippen molar-refractivity contribution in [2.45, 2.75) is 38.8 Å². The molecule has 0 aliphatic heterocycles. The Morgan fingerprint density at radius 2 is 2.00 bits per heavy atom. The highest BCUT2D eigenvalue weighted by Crippen LogP contribution is 2.18. The van der Waals surface area contributed by atoms with Crippen LogP contribution in [0.5, 0.6) is 0 Å². The number of quaternary nitrogens is 1. The van der Waals surface area contributed by atoms with E-state index in [4.69, 9.17) is 0 Å². The summed E-state index contributed by atoms with van der Waals surface area (Å²) in [7, 11) is 1.82. The van der Waals surface area contributed by atoms with Gasteiger partial charge in [0.2, 0.25) is 0 Å². The van der Waals surface area contributed by atoms with Gasteiger partial charge >= 0.3 is 0 Å². The molecule has 6 heteroatoms. The smallest absolute Gasteiger partial charge is 0.282 e. The largest absolute Gasteiger partial charge is 0.348 e. The zero-order valence-electron chi connectivity index (χ0n) is 13.8. The van der Waals surface area contributed by atoms with Crippen LogP contribution in [0.2, 0.25) is 0 Å². The second kappa shape index (κ2) is 7.37. The minimum atomic E-state index is -0.374. The van der Waals surface area contributed by atoms with Gasteiger partial charge in [-0.3, -0.25) is 14.4 Å². The summed E-state index contributed by atoms with van der Waals surface area (Å²) < 4.78 is 0. The molecule has 0 heterocycles. The topological polar surface area (TPSA) is 79.7 Å². The van der Waals surface area contributed by atoms with Gasteiger partial charge in [0.25, 0.3) is 11.8 Å². The van der Waals surface area contributed by atoms with Crippen LogP contribution in [0.3, 0.4) is 0 Å². The molecule has 2 rings (SSSR count). The van der Waals surface area contributed by atoms with E-state index in [-0.39, 0.29) is 30.2 Å².